The molecule has 7 saturated heterocycles. The van der Waals surface area contributed by atoms with E-state index in [1.807, 2.05) is 0 Å². The molecule has 7 heterocycles. The fourth-order valence-electron chi connectivity index (χ4n) is 10.5. The third-order valence-corrected chi connectivity index (χ3v) is 15.2. The lowest BCUT2D eigenvalue weighted by Crippen LogP contribution is -2.71. The molecule has 1 unspecified atom stereocenters. The van der Waals surface area contributed by atoms with Gasteiger partial charge in [-0.3, -0.25) is 9.59 Å². The Labute approximate surface area is 460 Å². The van der Waals surface area contributed by atoms with Crippen LogP contribution in [0.5, 0.6) is 0 Å². The van der Waals surface area contributed by atoms with Crippen molar-refractivity contribution in [3.05, 3.63) is 0 Å². The summed E-state index contributed by atoms with van der Waals surface area (Å²) < 4.78 is 76.7. The van der Waals surface area contributed by atoms with E-state index in [2.05, 4.69) is 10.6 Å². The molecule has 0 spiro atoms. The minimum absolute atomic E-state index is 0.822. The average molecular weight is 1190 g/mol. The molecule has 35 atom stereocenters. The average Bonchev–Trinajstić information content (AvgIpc) is 3.43. The first-order valence-corrected chi connectivity index (χ1v) is 26.2. The maximum Gasteiger partial charge on any atom is 0.217 e. The van der Waals surface area contributed by atoms with Gasteiger partial charge in [-0.2, -0.15) is 0 Å². The largest absolute Gasteiger partial charge is 0.394 e. The Kier molecular flexibility index (Phi) is 22.9. The molecule has 0 aromatic rings. The normalized spacial score (nSPS) is 51.8. The number of aliphatic hydroxyl groups excluding tert-OH is 18. The lowest BCUT2D eigenvalue weighted by Gasteiger charge is -2.51. The Hall–Kier alpha value is -2.30. The van der Waals surface area contributed by atoms with Gasteiger partial charge in [-0.25, -0.2) is 0 Å². The second-order valence-electron chi connectivity index (χ2n) is 21.0. The summed E-state index contributed by atoms with van der Waals surface area (Å²) in [6.45, 7) is 2.02. The highest BCUT2D eigenvalue weighted by molar-refractivity contribution is 5.73. The molecule has 0 aromatic heterocycles. The van der Waals surface area contributed by atoms with Crippen LogP contribution in [0.15, 0.2) is 0 Å². The van der Waals surface area contributed by atoms with E-state index in [0.29, 0.717) is 0 Å². The summed E-state index contributed by atoms with van der Waals surface area (Å²) in [6, 6.07) is -3.51. The van der Waals surface area contributed by atoms with Crippen molar-refractivity contribution >= 4 is 11.8 Å². The summed E-state index contributed by atoms with van der Waals surface area (Å²) in [7, 11) is 0. The number of hydrogen-bond donors (Lipinski definition) is 20. The molecule has 0 saturated carbocycles. The summed E-state index contributed by atoms with van der Waals surface area (Å²) in [5.41, 5.74) is 0. The van der Waals surface area contributed by atoms with Gasteiger partial charge in [-0.05, 0) is 20.8 Å². The summed E-state index contributed by atoms with van der Waals surface area (Å²) >= 11 is 0. The van der Waals surface area contributed by atoms with Crippen LogP contribution in [0.25, 0.3) is 0 Å². The predicted octanol–water partition coefficient (Wildman–Crippen LogP) is -12.9. The zero-order valence-corrected chi connectivity index (χ0v) is 44.2. The molecule has 470 valence electrons. The SMILES string of the molecule is CC(=O)N[C@H]1[C@H](OC[C@H]2OC(O)[C@H](NC(C)=O)[C@@H](O[C@@H]3O[C@H](CO)[C@H](O)[C@H](O)[C@H]3O[C@@H]3O[C@@H](C)[C@@H](O)[C@@H](O)[C@@H]3O)[C@H]2O)O[C@H](CO)[C@@H](O[C@@H]2O[C@H](CO)[C@H](O)[C@H](O)[C@H]2O[C@@H]2O[C@@H](C)[C@@H](O)[C@@H](O)[C@@H]2O)[C@@H]1O[C@@H]1O[C@@H](C)[C@@H](O)[C@@H](O)[C@@H]1O. The Morgan fingerprint density at radius 1 is 0.346 bits per heavy atom. The van der Waals surface area contributed by atoms with E-state index in [9.17, 15) is 102 Å². The van der Waals surface area contributed by atoms with E-state index in [4.69, 9.17) is 61.6 Å². The van der Waals surface area contributed by atoms with Gasteiger partial charge < -0.3 is 164 Å². The second kappa shape index (κ2) is 28.0. The number of aliphatic hydroxyl groups is 18. The fourth-order valence-corrected chi connectivity index (χ4v) is 10.5. The fraction of sp³-hybridized carbons (Fsp3) is 0.957. The van der Waals surface area contributed by atoms with Gasteiger partial charge in [0.05, 0.1) is 44.7 Å². The molecule has 0 radical (unpaired) electrons. The van der Waals surface area contributed by atoms with Crippen LogP contribution in [0, 0.1) is 0 Å². The summed E-state index contributed by atoms with van der Waals surface area (Å²) in [5, 5.41) is 200. The van der Waals surface area contributed by atoms with Gasteiger partial charge in [0.1, 0.15) is 152 Å². The van der Waals surface area contributed by atoms with Crippen molar-refractivity contribution in [1.29, 1.82) is 0 Å². The van der Waals surface area contributed by atoms with Crippen molar-refractivity contribution in [2.75, 3.05) is 26.4 Å². The number of ether oxygens (including phenoxy) is 13. The van der Waals surface area contributed by atoms with Crippen molar-refractivity contribution in [2.45, 2.75) is 249 Å². The van der Waals surface area contributed by atoms with Gasteiger partial charge >= 0.3 is 0 Å². The summed E-state index contributed by atoms with van der Waals surface area (Å²) in [5.74, 6) is -1.69. The molecule has 35 nitrogen and oxygen atoms in total. The van der Waals surface area contributed by atoms with Gasteiger partial charge in [0.2, 0.25) is 11.8 Å². The van der Waals surface area contributed by atoms with Crippen LogP contribution >= 0.6 is 0 Å². The van der Waals surface area contributed by atoms with Crippen LogP contribution < -0.4 is 10.6 Å². The van der Waals surface area contributed by atoms with Crippen molar-refractivity contribution < 1.29 is 163 Å². The van der Waals surface area contributed by atoms with Crippen LogP contribution in [0.3, 0.4) is 0 Å². The van der Waals surface area contributed by atoms with E-state index in [0.717, 1.165) is 13.8 Å². The molecule has 7 aliphatic rings. The summed E-state index contributed by atoms with van der Waals surface area (Å²) in [6.07, 6.45) is -60.7. The standard InChI is InChI=1S/C46H78N2O33/c1-10-21(54)27(60)32(65)42(70-10)79-37-20(48-14(5)53)41(76-17(8-51)35(37)77-45-38(30(63)24(57)15(6-49)74-45)80-43-33(66)28(61)22(55)11(2)71-43)69-9-18-26(59)36(19(40(68)73-18)47-13(4)52)78-46-39(31(64)25(58)16(7-50)75-46)81-44-34(67)29(62)23(56)12(3)72-44/h10-12,15-46,49-51,54-68H,6-9H2,1-5H3,(H,47,52)(H,48,53)/t10-,11-,12-,15+,16+,17+,18+,19+,20+,21+,22+,23+,24-,25-,26-,27+,28+,29+,30-,31-,32-,33-,34-,35+,36+,37+,38+,39+,40?,41+,42-,43-,44-,45-,46-/m0/s1. The van der Waals surface area contributed by atoms with E-state index in [-0.39, 0.29) is 0 Å². The molecule has 7 rings (SSSR count). The highest BCUT2D eigenvalue weighted by atomic mass is 16.8. The van der Waals surface area contributed by atoms with Crippen LogP contribution in [-0.2, 0) is 71.2 Å². The first-order chi connectivity index (χ1) is 38.1. The molecular weight excluding hydrogens is 1110 g/mol. The topological polar surface area (TPSA) is 542 Å². The molecule has 0 bridgehead atoms. The van der Waals surface area contributed by atoms with Crippen LogP contribution in [0.4, 0.5) is 0 Å². The molecule has 81 heavy (non-hydrogen) atoms. The van der Waals surface area contributed by atoms with Crippen molar-refractivity contribution in [3.8, 4) is 0 Å². The smallest absolute Gasteiger partial charge is 0.217 e. The zero-order chi connectivity index (χ0) is 59.8. The zero-order valence-electron chi connectivity index (χ0n) is 44.2. The van der Waals surface area contributed by atoms with Gasteiger partial charge in [0.15, 0.2) is 44.0 Å². The number of nitrogens with one attached hydrogen (secondary N) is 2. The molecule has 35 heteroatoms. The minimum Gasteiger partial charge on any atom is -0.394 e. The van der Waals surface area contributed by atoms with Crippen LogP contribution in [-0.4, -0.2) is 345 Å². The number of amides is 2. The maximum absolute atomic E-state index is 13.2. The minimum atomic E-state index is -2.13. The monoisotopic (exact) mass is 1190 g/mol. The third-order valence-electron chi connectivity index (χ3n) is 15.2. The lowest BCUT2D eigenvalue weighted by molar-refractivity contribution is -0.394. The van der Waals surface area contributed by atoms with Gasteiger partial charge in [0.25, 0.3) is 0 Å². The predicted molar refractivity (Wildman–Crippen MR) is 251 cm³/mol. The Morgan fingerprint density at radius 3 is 1.10 bits per heavy atom. The number of carbonyl (C=O) groups is 2. The molecule has 0 aromatic carbocycles. The second-order valence-corrected chi connectivity index (χ2v) is 21.0. The van der Waals surface area contributed by atoms with Crippen molar-refractivity contribution in [2.24, 2.45) is 0 Å². The van der Waals surface area contributed by atoms with E-state index in [1.165, 1.54) is 20.8 Å². The lowest BCUT2D eigenvalue weighted by atomic mass is 9.94. The third kappa shape index (κ3) is 14.3. The highest BCUT2D eigenvalue weighted by Crippen LogP contribution is 2.38. The molecule has 7 aliphatic heterocycles. The number of hydrogen-bond acceptors (Lipinski definition) is 33. The Morgan fingerprint density at radius 2 is 0.704 bits per heavy atom. The van der Waals surface area contributed by atoms with E-state index >= 15 is 0 Å². The van der Waals surface area contributed by atoms with Gasteiger partial charge in [-0.15, -0.1) is 0 Å². The number of rotatable bonds is 18. The van der Waals surface area contributed by atoms with E-state index < -0.39 is 253 Å². The number of carbonyl (C=O) groups excluding carboxylic acids is 2. The first-order valence-electron chi connectivity index (χ1n) is 26.2. The summed E-state index contributed by atoms with van der Waals surface area (Å²) in [4.78, 5) is 25.7. The van der Waals surface area contributed by atoms with Gasteiger partial charge in [0, 0.05) is 13.8 Å². The first kappa shape index (κ1) is 66.2. The molecular formula is C46H78N2O33. The van der Waals surface area contributed by atoms with Gasteiger partial charge in [-0.1, -0.05) is 0 Å². The molecule has 2 amide bonds. The Bertz CT molecular complexity index is 2010. The highest BCUT2D eigenvalue weighted by Gasteiger charge is 2.59. The quantitative estimate of drug-likeness (QED) is 0.0606. The van der Waals surface area contributed by atoms with Crippen LogP contribution in [0.1, 0.15) is 34.6 Å². The van der Waals surface area contributed by atoms with Crippen molar-refractivity contribution in [1.82, 2.24) is 10.6 Å². The molecule has 0 aliphatic carbocycles. The maximum atomic E-state index is 13.2. The van der Waals surface area contributed by atoms with Crippen molar-refractivity contribution in [3.63, 3.8) is 0 Å². The molecule has 20 N–H and O–H groups in total. The molecule has 7 fully saturated rings. The Balaban J connectivity index is 1.20. The van der Waals surface area contributed by atoms with Crippen LogP contribution in [0.2, 0.25) is 0 Å². The van der Waals surface area contributed by atoms with E-state index in [1.54, 1.807) is 0 Å².